The number of piperazine rings is 1. The van der Waals surface area contributed by atoms with Gasteiger partial charge in [0, 0.05) is 31.2 Å². The van der Waals surface area contributed by atoms with Crippen LogP contribution in [0.4, 0.5) is 0 Å². The smallest absolute Gasteiger partial charge is 0.264 e. The Bertz CT molecular complexity index is 801. The lowest BCUT2D eigenvalue weighted by Crippen LogP contribution is -2.51. The summed E-state index contributed by atoms with van der Waals surface area (Å²) in [5, 5.41) is 2.04. The molecule has 2 fully saturated rings. The molecule has 0 radical (unpaired) electrons. The molecule has 1 aromatic heterocycles. The number of aryl methyl sites for hydroxylation is 2. The van der Waals surface area contributed by atoms with Crippen LogP contribution in [0, 0.1) is 13.8 Å². The second kappa shape index (κ2) is 7.41. The van der Waals surface area contributed by atoms with Crippen LogP contribution < -0.4 is 4.74 Å². The third kappa shape index (κ3) is 3.64. The summed E-state index contributed by atoms with van der Waals surface area (Å²) in [7, 11) is 0. The Morgan fingerprint density at radius 3 is 2.92 bits per heavy atom. The predicted molar refractivity (Wildman–Crippen MR) is 105 cm³/mol. The standard InChI is InChI=1S/C21H26N2O2S/c1-15-5-6-19(10-16(15)2)25-13-17-11-20(26-14-17)21(24)23-9-8-22-7-3-4-18(22)12-23/h5-6,10-11,14,18H,3-4,7-9,12-13H2,1-2H3. The van der Waals surface area contributed by atoms with Gasteiger partial charge in [0.15, 0.2) is 0 Å². The maximum atomic E-state index is 12.8. The van der Waals surface area contributed by atoms with Crippen molar-refractivity contribution in [2.45, 2.75) is 39.3 Å². The van der Waals surface area contributed by atoms with Crippen molar-refractivity contribution in [3.8, 4) is 5.75 Å². The summed E-state index contributed by atoms with van der Waals surface area (Å²) in [6.45, 7) is 8.64. The molecular formula is C21H26N2O2S. The molecule has 2 aromatic rings. The van der Waals surface area contributed by atoms with E-state index in [4.69, 9.17) is 4.74 Å². The second-order valence-electron chi connectivity index (χ2n) is 7.44. The zero-order valence-electron chi connectivity index (χ0n) is 15.5. The zero-order chi connectivity index (χ0) is 18.1. The Morgan fingerprint density at radius 2 is 2.08 bits per heavy atom. The number of hydrogen-bond donors (Lipinski definition) is 0. The quantitative estimate of drug-likeness (QED) is 0.819. The summed E-state index contributed by atoms with van der Waals surface area (Å²) >= 11 is 1.53. The van der Waals surface area contributed by atoms with Crippen LogP contribution in [0.3, 0.4) is 0 Å². The highest BCUT2D eigenvalue weighted by Crippen LogP contribution is 2.25. The van der Waals surface area contributed by atoms with E-state index in [0.717, 1.165) is 35.8 Å². The lowest BCUT2D eigenvalue weighted by atomic mass is 10.1. The first-order valence-electron chi connectivity index (χ1n) is 9.41. The molecule has 1 aromatic carbocycles. The van der Waals surface area contributed by atoms with Gasteiger partial charge in [0.25, 0.3) is 5.91 Å². The summed E-state index contributed by atoms with van der Waals surface area (Å²) in [4.78, 5) is 18.2. The Hall–Kier alpha value is -1.85. The van der Waals surface area contributed by atoms with Gasteiger partial charge in [-0.2, -0.15) is 0 Å². The number of amides is 1. The average Bonchev–Trinajstić information content (AvgIpc) is 3.30. The molecule has 5 heteroatoms. The maximum Gasteiger partial charge on any atom is 0.264 e. The fourth-order valence-electron chi connectivity index (χ4n) is 3.87. The number of fused-ring (bicyclic) bond motifs is 1. The molecule has 138 valence electrons. The molecule has 0 N–H and O–H groups in total. The fraction of sp³-hybridized carbons (Fsp3) is 0.476. The first kappa shape index (κ1) is 17.6. The predicted octanol–water partition coefficient (Wildman–Crippen LogP) is 3.86. The van der Waals surface area contributed by atoms with E-state index >= 15 is 0 Å². The van der Waals surface area contributed by atoms with Crippen molar-refractivity contribution in [3.63, 3.8) is 0 Å². The molecule has 1 unspecified atom stereocenters. The lowest BCUT2D eigenvalue weighted by Gasteiger charge is -2.37. The van der Waals surface area contributed by atoms with Gasteiger partial charge in [-0.25, -0.2) is 0 Å². The van der Waals surface area contributed by atoms with Crippen molar-refractivity contribution in [2.24, 2.45) is 0 Å². The Labute approximate surface area is 159 Å². The number of nitrogens with zero attached hydrogens (tertiary/aromatic N) is 2. The molecule has 3 heterocycles. The normalized spacial score (nSPS) is 20.2. The molecular weight excluding hydrogens is 344 g/mol. The highest BCUT2D eigenvalue weighted by molar-refractivity contribution is 7.12. The molecule has 0 aliphatic carbocycles. The fourth-order valence-corrected chi connectivity index (χ4v) is 4.73. The van der Waals surface area contributed by atoms with Gasteiger partial charge < -0.3 is 9.64 Å². The van der Waals surface area contributed by atoms with Crippen molar-refractivity contribution in [2.75, 3.05) is 26.2 Å². The van der Waals surface area contributed by atoms with Crippen LogP contribution in [0.2, 0.25) is 0 Å². The summed E-state index contributed by atoms with van der Waals surface area (Å²) in [5.41, 5.74) is 3.56. The topological polar surface area (TPSA) is 32.8 Å². The van der Waals surface area contributed by atoms with Gasteiger partial charge in [0.05, 0.1) is 4.88 Å². The number of carbonyl (C=O) groups is 1. The van der Waals surface area contributed by atoms with E-state index in [1.54, 1.807) is 0 Å². The van der Waals surface area contributed by atoms with Crippen LogP contribution in [0.5, 0.6) is 5.75 Å². The van der Waals surface area contributed by atoms with E-state index in [1.807, 2.05) is 22.4 Å². The first-order valence-corrected chi connectivity index (χ1v) is 10.3. The van der Waals surface area contributed by atoms with Crippen molar-refractivity contribution in [3.05, 3.63) is 51.2 Å². The van der Waals surface area contributed by atoms with Crippen molar-refractivity contribution < 1.29 is 9.53 Å². The largest absolute Gasteiger partial charge is 0.489 e. The van der Waals surface area contributed by atoms with Crippen LogP contribution in [0.1, 0.15) is 39.2 Å². The van der Waals surface area contributed by atoms with Gasteiger partial charge in [-0.1, -0.05) is 6.07 Å². The van der Waals surface area contributed by atoms with Gasteiger partial charge in [0.2, 0.25) is 0 Å². The van der Waals surface area contributed by atoms with E-state index in [1.165, 1.54) is 41.9 Å². The van der Waals surface area contributed by atoms with E-state index in [9.17, 15) is 4.79 Å². The minimum Gasteiger partial charge on any atom is -0.489 e. The summed E-state index contributed by atoms with van der Waals surface area (Å²) < 4.78 is 5.90. The molecule has 1 amide bonds. The van der Waals surface area contributed by atoms with E-state index in [0.29, 0.717) is 12.6 Å². The number of hydrogen-bond acceptors (Lipinski definition) is 4. The molecule has 4 nitrogen and oxygen atoms in total. The first-order chi connectivity index (χ1) is 12.6. The molecule has 2 saturated heterocycles. The molecule has 0 bridgehead atoms. The zero-order valence-corrected chi connectivity index (χ0v) is 16.3. The monoisotopic (exact) mass is 370 g/mol. The average molecular weight is 371 g/mol. The minimum absolute atomic E-state index is 0.180. The highest BCUT2D eigenvalue weighted by Gasteiger charge is 2.33. The summed E-state index contributed by atoms with van der Waals surface area (Å²) in [6.07, 6.45) is 2.49. The second-order valence-corrected chi connectivity index (χ2v) is 8.35. The van der Waals surface area contributed by atoms with Crippen LogP contribution in [0.15, 0.2) is 29.6 Å². The Morgan fingerprint density at radius 1 is 1.19 bits per heavy atom. The van der Waals surface area contributed by atoms with Crippen molar-refractivity contribution in [1.29, 1.82) is 0 Å². The van der Waals surface area contributed by atoms with Gasteiger partial charge in [-0.05, 0) is 67.9 Å². The third-order valence-electron chi connectivity index (χ3n) is 5.62. The van der Waals surface area contributed by atoms with Gasteiger partial charge in [0.1, 0.15) is 12.4 Å². The van der Waals surface area contributed by atoms with Gasteiger partial charge in [-0.3, -0.25) is 9.69 Å². The number of thiophene rings is 1. The van der Waals surface area contributed by atoms with E-state index in [2.05, 4.69) is 30.9 Å². The summed E-state index contributed by atoms with van der Waals surface area (Å²) in [6, 6.07) is 8.71. The number of carbonyl (C=O) groups excluding carboxylic acids is 1. The number of benzene rings is 1. The lowest BCUT2D eigenvalue weighted by molar-refractivity contribution is 0.0576. The Kier molecular flexibility index (Phi) is 5.00. The van der Waals surface area contributed by atoms with Crippen molar-refractivity contribution >= 4 is 17.2 Å². The summed E-state index contributed by atoms with van der Waals surface area (Å²) in [5.74, 6) is 1.06. The third-order valence-corrected chi connectivity index (χ3v) is 6.59. The molecule has 4 rings (SSSR count). The molecule has 2 aliphatic rings. The van der Waals surface area contributed by atoms with Crippen LogP contribution >= 0.6 is 11.3 Å². The van der Waals surface area contributed by atoms with Crippen LogP contribution in [0.25, 0.3) is 0 Å². The maximum absolute atomic E-state index is 12.8. The number of rotatable bonds is 4. The van der Waals surface area contributed by atoms with E-state index in [-0.39, 0.29) is 5.91 Å². The van der Waals surface area contributed by atoms with Gasteiger partial charge >= 0.3 is 0 Å². The van der Waals surface area contributed by atoms with Crippen LogP contribution in [-0.2, 0) is 6.61 Å². The van der Waals surface area contributed by atoms with Gasteiger partial charge in [-0.15, -0.1) is 11.3 Å². The number of ether oxygens (including phenoxy) is 1. The Balaban J connectivity index is 1.36. The SMILES string of the molecule is Cc1ccc(OCc2csc(C(=O)N3CCN4CCCC4C3)c2)cc1C. The van der Waals surface area contributed by atoms with Crippen LogP contribution in [-0.4, -0.2) is 47.9 Å². The van der Waals surface area contributed by atoms with E-state index < -0.39 is 0 Å². The molecule has 26 heavy (non-hydrogen) atoms. The minimum atomic E-state index is 0.180. The van der Waals surface area contributed by atoms with Crippen molar-refractivity contribution in [1.82, 2.24) is 9.80 Å². The molecule has 1 atom stereocenters. The molecule has 0 saturated carbocycles. The highest BCUT2D eigenvalue weighted by atomic mass is 32.1. The molecule has 0 spiro atoms. The molecule has 2 aliphatic heterocycles.